The SMILES string of the molecule is C[C@H](c1ccccc1)N1CCN(C(=O)c2ccc(/C=C3\SC(=O)N(Cc4ccccc4C(F)(F)F)C3=O)cc2)CC1. The molecule has 3 amide bonds. The molecule has 0 aliphatic carbocycles. The largest absolute Gasteiger partial charge is 0.416 e. The summed E-state index contributed by atoms with van der Waals surface area (Å²) in [4.78, 5) is 43.6. The van der Waals surface area contributed by atoms with Crippen LogP contribution >= 0.6 is 11.8 Å². The molecule has 0 radical (unpaired) electrons. The second kappa shape index (κ2) is 11.9. The van der Waals surface area contributed by atoms with E-state index in [4.69, 9.17) is 0 Å². The monoisotopic (exact) mass is 579 g/mol. The van der Waals surface area contributed by atoms with Crippen molar-refractivity contribution in [2.24, 2.45) is 0 Å². The topological polar surface area (TPSA) is 60.9 Å². The number of rotatable bonds is 6. The highest BCUT2D eigenvalue weighted by Gasteiger charge is 2.38. The van der Waals surface area contributed by atoms with Gasteiger partial charge in [-0.05, 0) is 59.7 Å². The van der Waals surface area contributed by atoms with Crippen molar-refractivity contribution in [1.82, 2.24) is 14.7 Å². The molecule has 0 N–H and O–H groups in total. The molecule has 2 saturated heterocycles. The Morgan fingerprint density at radius 3 is 2.20 bits per heavy atom. The lowest BCUT2D eigenvalue weighted by Gasteiger charge is -2.38. The number of carbonyl (C=O) groups excluding carboxylic acids is 3. The molecule has 6 nitrogen and oxygen atoms in total. The Bertz CT molecular complexity index is 1470. The van der Waals surface area contributed by atoms with E-state index in [1.807, 2.05) is 23.1 Å². The zero-order valence-corrected chi connectivity index (χ0v) is 23.1. The van der Waals surface area contributed by atoms with E-state index in [9.17, 15) is 27.6 Å². The number of hydrogen-bond donors (Lipinski definition) is 0. The lowest BCUT2D eigenvalue weighted by atomic mass is 10.1. The molecule has 2 aliphatic rings. The molecule has 2 heterocycles. The van der Waals surface area contributed by atoms with E-state index in [0.717, 1.165) is 24.1 Å². The van der Waals surface area contributed by atoms with Gasteiger partial charge in [0, 0.05) is 37.8 Å². The number of nitrogens with zero attached hydrogens (tertiary/aromatic N) is 3. The normalized spacial score (nSPS) is 18.3. The van der Waals surface area contributed by atoms with Crippen molar-refractivity contribution in [2.75, 3.05) is 26.2 Å². The Labute approximate surface area is 240 Å². The van der Waals surface area contributed by atoms with Gasteiger partial charge in [-0.2, -0.15) is 13.2 Å². The molecule has 0 spiro atoms. The fourth-order valence-electron chi connectivity index (χ4n) is 5.05. The van der Waals surface area contributed by atoms with Crippen LogP contribution in [0.5, 0.6) is 0 Å². The Morgan fingerprint density at radius 2 is 1.54 bits per heavy atom. The van der Waals surface area contributed by atoms with E-state index < -0.39 is 29.4 Å². The average Bonchev–Trinajstić information content (AvgIpc) is 3.24. The van der Waals surface area contributed by atoms with Gasteiger partial charge in [0.05, 0.1) is 17.0 Å². The molecular formula is C31H28F3N3O3S. The third-order valence-corrected chi connectivity index (χ3v) is 8.32. The molecule has 0 bridgehead atoms. The molecule has 1 atom stereocenters. The van der Waals surface area contributed by atoms with Crippen LogP contribution < -0.4 is 0 Å². The minimum absolute atomic E-state index is 0.0767. The third kappa shape index (κ3) is 6.39. The van der Waals surface area contributed by atoms with Gasteiger partial charge < -0.3 is 4.90 Å². The van der Waals surface area contributed by atoms with Crippen molar-refractivity contribution in [3.63, 3.8) is 0 Å². The van der Waals surface area contributed by atoms with Crippen molar-refractivity contribution in [2.45, 2.75) is 25.7 Å². The molecular weight excluding hydrogens is 551 g/mol. The molecule has 3 aromatic carbocycles. The Morgan fingerprint density at radius 1 is 0.902 bits per heavy atom. The summed E-state index contributed by atoms with van der Waals surface area (Å²) in [5.74, 6) is -0.730. The van der Waals surface area contributed by atoms with E-state index in [1.165, 1.54) is 29.8 Å². The number of thioether (sulfide) groups is 1. The number of alkyl halides is 3. The first kappa shape index (κ1) is 28.6. The van der Waals surface area contributed by atoms with Gasteiger partial charge in [-0.3, -0.25) is 24.2 Å². The summed E-state index contributed by atoms with van der Waals surface area (Å²) in [6.07, 6.45) is -3.08. The number of carbonyl (C=O) groups is 3. The van der Waals surface area contributed by atoms with E-state index in [2.05, 4.69) is 24.0 Å². The maximum atomic E-state index is 13.4. The van der Waals surface area contributed by atoms with Gasteiger partial charge in [-0.1, -0.05) is 60.7 Å². The van der Waals surface area contributed by atoms with Crippen LogP contribution in [0.4, 0.5) is 18.0 Å². The van der Waals surface area contributed by atoms with E-state index in [1.54, 1.807) is 24.3 Å². The summed E-state index contributed by atoms with van der Waals surface area (Å²) >= 11 is 0.681. The summed E-state index contributed by atoms with van der Waals surface area (Å²) in [6, 6.07) is 22.1. The number of imide groups is 1. The summed E-state index contributed by atoms with van der Waals surface area (Å²) in [5, 5.41) is -0.634. The molecule has 0 unspecified atom stereocenters. The summed E-state index contributed by atoms with van der Waals surface area (Å²) < 4.78 is 40.1. The number of hydrogen-bond acceptors (Lipinski definition) is 5. The first-order valence-corrected chi connectivity index (χ1v) is 14.0. The first-order chi connectivity index (χ1) is 19.6. The Kier molecular flexibility index (Phi) is 8.32. The van der Waals surface area contributed by atoms with Crippen molar-refractivity contribution in [3.05, 3.63) is 112 Å². The zero-order chi connectivity index (χ0) is 29.1. The number of benzene rings is 3. The standard InChI is InChI=1S/C31H28F3N3O3S/c1-21(23-7-3-2-4-8-23)35-15-17-36(18-16-35)28(38)24-13-11-22(12-14-24)19-27-29(39)37(30(40)41-27)20-25-9-5-6-10-26(25)31(32,33)34/h2-14,19,21H,15-18,20H2,1H3/b27-19-/t21-/m1/s1. The van der Waals surface area contributed by atoms with Gasteiger partial charge >= 0.3 is 6.18 Å². The minimum atomic E-state index is -4.60. The minimum Gasteiger partial charge on any atom is -0.336 e. The summed E-state index contributed by atoms with van der Waals surface area (Å²) in [7, 11) is 0. The summed E-state index contributed by atoms with van der Waals surface area (Å²) in [5.41, 5.74) is 1.33. The Balaban J connectivity index is 1.21. The van der Waals surface area contributed by atoms with Crippen LogP contribution in [0.2, 0.25) is 0 Å². The molecule has 41 heavy (non-hydrogen) atoms. The molecule has 212 valence electrons. The number of piperazine rings is 1. The van der Waals surface area contributed by atoms with E-state index in [-0.39, 0.29) is 22.4 Å². The molecule has 2 aliphatic heterocycles. The van der Waals surface area contributed by atoms with E-state index >= 15 is 0 Å². The van der Waals surface area contributed by atoms with E-state index in [0.29, 0.717) is 36.0 Å². The lowest BCUT2D eigenvalue weighted by molar-refractivity contribution is -0.139. The number of halogens is 3. The fourth-order valence-corrected chi connectivity index (χ4v) is 5.89. The van der Waals surface area contributed by atoms with Gasteiger partial charge in [0.2, 0.25) is 0 Å². The van der Waals surface area contributed by atoms with Gasteiger partial charge in [0.15, 0.2) is 0 Å². The molecule has 5 rings (SSSR count). The van der Waals surface area contributed by atoms with Gasteiger partial charge in [0.25, 0.3) is 17.1 Å². The second-order valence-corrected chi connectivity index (χ2v) is 11.0. The van der Waals surface area contributed by atoms with Gasteiger partial charge in [-0.15, -0.1) is 0 Å². The lowest BCUT2D eigenvalue weighted by Crippen LogP contribution is -2.49. The van der Waals surface area contributed by atoms with Crippen LogP contribution in [-0.2, 0) is 17.5 Å². The highest BCUT2D eigenvalue weighted by molar-refractivity contribution is 8.18. The van der Waals surface area contributed by atoms with Gasteiger partial charge in [0.1, 0.15) is 0 Å². The maximum absolute atomic E-state index is 13.4. The van der Waals surface area contributed by atoms with Crippen LogP contribution in [0.3, 0.4) is 0 Å². The predicted octanol–water partition coefficient (Wildman–Crippen LogP) is 6.46. The molecule has 0 saturated carbocycles. The van der Waals surface area contributed by atoms with Crippen LogP contribution in [-0.4, -0.2) is 57.9 Å². The Hall–Kier alpha value is -3.89. The molecule has 2 fully saturated rings. The highest BCUT2D eigenvalue weighted by Crippen LogP contribution is 2.36. The highest BCUT2D eigenvalue weighted by atomic mass is 32.2. The van der Waals surface area contributed by atoms with Crippen molar-refractivity contribution in [1.29, 1.82) is 0 Å². The van der Waals surface area contributed by atoms with Crippen molar-refractivity contribution >= 4 is 34.9 Å². The van der Waals surface area contributed by atoms with Crippen LogP contribution in [0.25, 0.3) is 6.08 Å². The molecule has 0 aromatic heterocycles. The summed E-state index contributed by atoms with van der Waals surface area (Å²) in [6.45, 7) is 4.46. The maximum Gasteiger partial charge on any atom is 0.416 e. The quantitative estimate of drug-likeness (QED) is 0.314. The van der Waals surface area contributed by atoms with Crippen LogP contribution in [0.15, 0.2) is 83.8 Å². The number of amides is 3. The first-order valence-electron chi connectivity index (χ1n) is 13.2. The smallest absolute Gasteiger partial charge is 0.336 e. The van der Waals surface area contributed by atoms with Crippen molar-refractivity contribution in [3.8, 4) is 0 Å². The second-order valence-electron chi connectivity index (χ2n) is 9.96. The molecule has 3 aromatic rings. The average molecular weight is 580 g/mol. The predicted molar refractivity (Wildman–Crippen MR) is 152 cm³/mol. The van der Waals surface area contributed by atoms with Crippen molar-refractivity contribution < 1.29 is 27.6 Å². The zero-order valence-electron chi connectivity index (χ0n) is 22.3. The fraction of sp³-hybridized carbons (Fsp3) is 0.258. The molecule has 10 heteroatoms. The third-order valence-electron chi connectivity index (χ3n) is 7.41. The van der Waals surface area contributed by atoms with Crippen LogP contribution in [0, 0.1) is 0 Å². The van der Waals surface area contributed by atoms with Gasteiger partial charge in [-0.25, -0.2) is 0 Å². The van der Waals surface area contributed by atoms with Crippen LogP contribution in [0.1, 0.15) is 45.6 Å².